The fourth-order valence-electron chi connectivity index (χ4n) is 3.77. The molecule has 6 nitrogen and oxygen atoms in total. The monoisotopic (exact) mass is 414 g/mol. The van der Waals surface area contributed by atoms with Crippen molar-refractivity contribution in [1.82, 2.24) is 4.90 Å². The quantitative estimate of drug-likeness (QED) is 0.614. The van der Waals surface area contributed by atoms with E-state index >= 15 is 0 Å². The number of carbonyl (C=O) groups excluding carboxylic acids is 3. The second-order valence-electron chi connectivity index (χ2n) is 7.16. The van der Waals surface area contributed by atoms with Crippen LogP contribution in [-0.2, 0) is 16.1 Å². The van der Waals surface area contributed by atoms with Gasteiger partial charge in [-0.2, -0.15) is 0 Å². The van der Waals surface area contributed by atoms with Gasteiger partial charge in [0.05, 0.1) is 17.9 Å². The molecule has 1 heterocycles. The maximum Gasteiger partial charge on any atom is 0.340 e. The van der Waals surface area contributed by atoms with Gasteiger partial charge in [-0.15, -0.1) is 0 Å². The van der Waals surface area contributed by atoms with Gasteiger partial charge in [0.15, 0.2) is 0 Å². The van der Waals surface area contributed by atoms with Gasteiger partial charge in [-0.25, -0.2) is 4.79 Å². The zero-order chi connectivity index (χ0) is 21.8. The van der Waals surface area contributed by atoms with Crippen LogP contribution < -0.4 is 5.32 Å². The van der Waals surface area contributed by atoms with Crippen molar-refractivity contribution in [2.75, 3.05) is 11.9 Å². The molecule has 1 unspecified atom stereocenters. The van der Waals surface area contributed by atoms with Crippen molar-refractivity contribution < 1.29 is 19.1 Å². The lowest BCUT2D eigenvalue weighted by atomic mass is 10.0. The number of esters is 1. The molecule has 1 aliphatic heterocycles. The van der Waals surface area contributed by atoms with Crippen LogP contribution in [0.2, 0.25) is 0 Å². The number of nitrogens with one attached hydrogen (secondary N) is 1. The first kappa shape index (κ1) is 20.3. The van der Waals surface area contributed by atoms with Crippen LogP contribution in [0, 0.1) is 0 Å². The highest BCUT2D eigenvalue weighted by Gasteiger charge is 2.37. The van der Waals surface area contributed by atoms with E-state index in [1.54, 1.807) is 42.2 Å². The second kappa shape index (κ2) is 8.83. The molecule has 0 fully saturated rings. The molecule has 156 valence electrons. The van der Waals surface area contributed by atoms with E-state index in [2.05, 4.69) is 5.32 Å². The standard InChI is InChI=1S/C25H22N2O4/c1-2-31-25(30)20-14-8-9-15-21(20)26-23(28)22(17-10-4-3-5-11-17)27-16-18-12-6-7-13-19(18)24(27)29/h3-15,22H,2,16H2,1H3,(H,26,28). The third-order valence-corrected chi connectivity index (χ3v) is 5.20. The first-order chi connectivity index (χ1) is 15.1. The van der Waals surface area contributed by atoms with Crippen molar-refractivity contribution in [3.8, 4) is 0 Å². The molecule has 2 amide bonds. The highest BCUT2D eigenvalue weighted by atomic mass is 16.5. The molecule has 1 atom stereocenters. The summed E-state index contributed by atoms with van der Waals surface area (Å²) in [6, 6.07) is 22.3. The van der Waals surface area contributed by atoms with Crippen LogP contribution in [0.3, 0.4) is 0 Å². The summed E-state index contributed by atoms with van der Waals surface area (Å²) in [6.07, 6.45) is 0. The molecule has 6 heteroatoms. The first-order valence-electron chi connectivity index (χ1n) is 10.1. The van der Waals surface area contributed by atoms with E-state index in [9.17, 15) is 14.4 Å². The summed E-state index contributed by atoms with van der Waals surface area (Å²) in [7, 11) is 0. The summed E-state index contributed by atoms with van der Waals surface area (Å²) in [4.78, 5) is 40.4. The highest BCUT2D eigenvalue weighted by molar-refractivity contribution is 6.06. The minimum atomic E-state index is -0.851. The molecule has 0 radical (unpaired) electrons. The van der Waals surface area contributed by atoms with Crippen LogP contribution in [0.15, 0.2) is 78.9 Å². The van der Waals surface area contributed by atoms with E-state index in [-0.39, 0.29) is 18.1 Å². The third kappa shape index (κ3) is 4.05. The van der Waals surface area contributed by atoms with Crippen molar-refractivity contribution in [2.45, 2.75) is 19.5 Å². The van der Waals surface area contributed by atoms with E-state index in [0.29, 0.717) is 23.4 Å². The highest BCUT2D eigenvalue weighted by Crippen LogP contribution is 2.32. The molecule has 0 aliphatic carbocycles. The Balaban J connectivity index is 1.68. The second-order valence-corrected chi connectivity index (χ2v) is 7.16. The Bertz CT molecular complexity index is 1130. The third-order valence-electron chi connectivity index (χ3n) is 5.20. The zero-order valence-electron chi connectivity index (χ0n) is 17.1. The van der Waals surface area contributed by atoms with Crippen LogP contribution in [0.25, 0.3) is 0 Å². The SMILES string of the molecule is CCOC(=O)c1ccccc1NC(=O)C(c1ccccc1)N1Cc2ccccc2C1=O. The number of fused-ring (bicyclic) bond motifs is 1. The van der Waals surface area contributed by atoms with E-state index < -0.39 is 17.9 Å². The lowest BCUT2D eigenvalue weighted by Gasteiger charge is -2.27. The van der Waals surface area contributed by atoms with Crippen molar-refractivity contribution in [3.63, 3.8) is 0 Å². The Morgan fingerprint density at radius 1 is 0.968 bits per heavy atom. The largest absolute Gasteiger partial charge is 0.462 e. The molecule has 0 bridgehead atoms. The fourth-order valence-corrected chi connectivity index (χ4v) is 3.77. The summed E-state index contributed by atoms with van der Waals surface area (Å²) in [5.41, 5.74) is 2.78. The molecule has 31 heavy (non-hydrogen) atoms. The Labute approximate surface area is 180 Å². The molecule has 3 aromatic carbocycles. The topological polar surface area (TPSA) is 75.7 Å². The summed E-state index contributed by atoms with van der Waals surface area (Å²) in [5.74, 6) is -1.11. The van der Waals surface area contributed by atoms with Gasteiger partial charge >= 0.3 is 5.97 Å². The van der Waals surface area contributed by atoms with Gasteiger partial charge < -0.3 is 15.0 Å². The summed E-state index contributed by atoms with van der Waals surface area (Å²) < 4.78 is 5.10. The summed E-state index contributed by atoms with van der Waals surface area (Å²) in [6.45, 7) is 2.29. The van der Waals surface area contributed by atoms with Crippen LogP contribution in [0.5, 0.6) is 0 Å². The number of nitrogens with zero attached hydrogens (tertiary/aromatic N) is 1. The number of carbonyl (C=O) groups is 3. The molecular formula is C25H22N2O4. The Hall–Kier alpha value is -3.93. The lowest BCUT2D eigenvalue weighted by molar-refractivity contribution is -0.120. The van der Waals surface area contributed by atoms with Gasteiger partial charge in [0.2, 0.25) is 0 Å². The number of anilines is 1. The molecular weight excluding hydrogens is 392 g/mol. The summed E-state index contributed by atoms with van der Waals surface area (Å²) in [5, 5.41) is 2.84. The van der Waals surface area contributed by atoms with Crippen LogP contribution in [0.4, 0.5) is 5.69 Å². The minimum Gasteiger partial charge on any atom is -0.462 e. The van der Waals surface area contributed by atoms with E-state index in [1.165, 1.54) is 0 Å². The molecule has 4 rings (SSSR count). The number of rotatable bonds is 6. The predicted molar refractivity (Wildman–Crippen MR) is 117 cm³/mol. The number of benzene rings is 3. The average molecular weight is 414 g/mol. The predicted octanol–water partition coefficient (Wildman–Crippen LogP) is 4.20. The maximum absolute atomic E-state index is 13.5. The number of amides is 2. The minimum absolute atomic E-state index is 0.196. The zero-order valence-corrected chi connectivity index (χ0v) is 17.1. The number of hydrogen-bond donors (Lipinski definition) is 1. The van der Waals surface area contributed by atoms with Gasteiger partial charge in [-0.3, -0.25) is 9.59 Å². The average Bonchev–Trinajstić information content (AvgIpc) is 3.11. The van der Waals surface area contributed by atoms with Gasteiger partial charge in [-0.05, 0) is 36.2 Å². The van der Waals surface area contributed by atoms with E-state index in [4.69, 9.17) is 4.74 Å². The molecule has 3 aromatic rings. The summed E-state index contributed by atoms with van der Waals surface area (Å²) >= 11 is 0. The first-order valence-corrected chi connectivity index (χ1v) is 10.1. The molecule has 0 saturated heterocycles. The number of ether oxygens (including phenoxy) is 1. The lowest BCUT2D eigenvalue weighted by Crippen LogP contribution is -2.37. The van der Waals surface area contributed by atoms with Crippen LogP contribution in [-0.4, -0.2) is 29.3 Å². The molecule has 0 saturated carbocycles. The number of hydrogen-bond acceptors (Lipinski definition) is 4. The number of para-hydroxylation sites is 1. The van der Waals surface area contributed by atoms with Crippen molar-refractivity contribution in [3.05, 3.63) is 101 Å². The van der Waals surface area contributed by atoms with Gasteiger partial charge in [0, 0.05) is 12.1 Å². The van der Waals surface area contributed by atoms with Crippen molar-refractivity contribution >= 4 is 23.5 Å². The fraction of sp³-hybridized carbons (Fsp3) is 0.160. The van der Waals surface area contributed by atoms with Gasteiger partial charge in [0.1, 0.15) is 6.04 Å². The van der Waals surface area contributed by atoms with E-state index in [0.717, 1.165) is 5.56 Å². The van der Waals surface area contributed by atoms with E-state index in [1.807, 2.05) is 48.5 Å². The van der Waals surface area contributed by atoms with Crippen LogP contribution >= 0.6 is 0 Å². The van der Waals surface area contributed by atoms with Crippen molar-refractivity contribution in [1.29, 1.82) is 0 Å². The maximum atomic E-state index is 13.5. The Morgan fingerprint density at radius 3 is 2.39 bits per heavy atom. The van der Waals surface area contributed by atoms with Gasteiger partial charge in [0.25, 0.3) is 11.8 Å². The van der Waals surface area contributed by atoms with Gasteiger partial charge in [-0.1, -0.05) is 60.7 Å². The normalized spacial score (nSPS) is 13.5. The smallest absolute Gasteiger partial charge is 0.340 e. The molecule has 0 spiro atoms. The Morgan fingerprint density at radius 2 is 1.65 bits per heavy atom. The van der Waals surface area contributed by atoms with Crippen molar-refractivity contribution in [2.24, 2.45) is 0 Å². The van der Waals surface area contributed by atoms with Crippen LogP contribution in [0.1, 0.15) is 44.8 Å². The Kier molecular flexibility index (Phi) is 5.80. The molecule has 0 aromatic heterocycles. The molecule has 1 aliphatic rings. The molecule has 1 N–H and O–H groups in total.